The van der Waals surface area contributed by atoms with Gasteiger partial charge in [-0.05, 0) is 48.4 Å². The first kappa shape index (κ1) is 29.3. The summed E-state index contributed by atoms with van der Waals surface area (Å²) < 4.78 is 5.22. The molecule has 206 valence electrons. The minimum atomic E-state index is -0.632. The van der Waals surface area contributed by atoms with Crippen molar-refractivity contribution in [2.24, 2.45) is 0 Å². The summed E-state index contributed by atoms with van der Waals surface area (Å²) >= 11 is 0. The molecule has 2 aromatic rings. The van der Waals surface area contributed by atoms with Gasteiger partial charge in [-0.2, -0.15) is 0 Å². The lowest BCUT2D eigenvalue weighted by molar-refractivity contribution is -0.139. The van der Waals surface area contributed by atoms with Crippen molar-refractivity contribution in [2.75, 3.05) is 32.6 Å². The van der Waals surface area contributed by atoms with Crippen LogP contribution in [0.2, 0.25) is 0 Å². The fraction of sp³-hybridized carbons (Fsp3) is 0.500. The van der Waals surface area contributed by atoms with Gasteiger partial charge in [0.05, 0.1) is 18.7 Å². The average molecular weight is 521 g/mol. The molecule has 1 amide bonds. The molecule has 2 aromatic carbocycles. The number of anilines is 1. The van der Waals surface area contributed by atoms with Crippen LogP contribution in [0.4, 0.5) is 5.69 Å². The first-order valence-electron chi connectivity index (χ1n) is 14.1. The van der Waals surface area contributed by atoms with Gasteiger partial charge in [0.25, 0.3) is 11.7 Å². The van der Waals surface area contributed by atoms with Crippen LogP contribution in [0, 0.1) is 0 Å². The van der Waals surface area contributed by atoms with Crippen molar-refractivity contribution in [3.8, 4) is 5.75 Å². The Morgan fingerprint density at radius 1 is 0.842 bits per heavy atom. The van der Waals surface area contributed by atoms with Gasteiger partial charge in [-0.1, -0.05) is 76.8 Å². The van der Waals surface area contributed by atoms with Crippen molar-refractivity contribution in [1.82, 2.24) is 4.90 Å². The van der Waals surface area contributed by atoms with E-state index in [1.54, 1.807) is 36.3 Å². The number of hydrogen-bond acceptors (Lipinski definition) is 5. The molecule has 3 rings (SSSR count). The molecular weight excluding hydrogens is 476 g/mol. The van der Waals surface area contributed by atoms with Crippen LogP contribution in [0.3, 0.4) is 0 Å². The number of ketones is 1. The van der Waals surface area contributed by atoms with Crippen molar-refractivity contribution in [2.45, 2.75) is 77.2 Å². The van der Waals surface area contributed by atoms with Gasteiger partial charge in [0.15, 0.2) is 0 Å². The molecule has 1 N–H and O–H groups in total. The summed E-state index contributed by atoms with van der Waals surface area (Å²) in [6, 6.07) is 14.1. The van der Waals surface area contributed by atoms with Gasteiger partial charge in [-0.25, -0.2) is 0 Å². The van der Waals surface area contributed by atoms with Crippen LogP contribution in [0.5, 0.6) is 5.75 Å². The number of aliphatic hydroxyl groups is 1. The molecule has 6 nitrogen and oxygen atoms in total. The van der Waals surface area contributed by atoms with E-state index < -0.39 is 17.7 Å². The maximum atomic E-state index is 13.3. The number of methoxy groups -OCH3 is 1. The Labute approximate surface area is 228 Å². The second kappa shape index (κ2) is 14.6. The third-order valence-corrected chi connectivity index (χ3v) is 7.38. The van der Waals surface area contributed by atoms with E-state index in [2.05, 4.69) is 6.92 Å². The van der Waals surface area contributed by atoms with Crippen LogP contribution in [-0.4, -0.2) is 49.4 Å². The van der Waals surface area contributed by atoms with Crippen molar-refractivity contribution < 1.29 is 19.4 Å². The molecule has 1 fully saturated rings. The lowest BCUT2D eigenvalue weighted by atomic mass is 9.95. The van der Waals surface area contributed by atoms with Gasteiger partial charge in [-0.3, -0.25) is 9.59 Å². The van der Waals surface area contributed by atoms with Crippen molar-refractivity contribution in [1.29, 1.82) is 0 Å². The normalized spacial score (nSPS) is 16.7. The van der Waals surface area contributed by atoms with E-state index in [9.17, 15) is 14.7 Å². The smallest absolute Gasteiger partial charge is 0.295 e. The number of likely N-dealkylation sites (tertiary alicyclic amines) is 1. The Kier molecular flexibility index (Phi) is 11.3. The summed E-state index contributed by atoms with van der Waals surface area (Å²) in [5.74, 6) is -0.679. The zero-order valence-electron chi connectivity index (χ0n) is 23.5. The van der Waals surface area contributed by atoms with Crippen LogP contribution in [-0.2, 0) is 9.59 Å². The third-order valence-electron chi connectivity index (χ3n) is 7.38. The van der Waals surface area contributed by atoms with Gasteiger partial charge in [0, 0.05) is 31.9 Å². The highest BCUT2D eigenvalue weighted by atomic mass is 16.5. The second-order valence-electron chi connectivity index (χ2n) is 10.4. The number of benzene rings is 2. The second-order valence-corrected chi connectivity index (χ2v) is 10.4. The molecule has 0 spiro atoms. The summed E-state index contributed by atoms with van der Waals surface area (Å²) in [5.41, 5.74) is 2.47. The molecule has 1 aliphatic rings. The van der Waals surface area contributed by atoms with E-state index >= 15 is 0 Å². The predicted octanol–water partition coefficient (Wildman–Crippen LogP) is 7.10. The number of ether oxygens (including phenoxy) is 1. The molecule has 1 saturated heterocycles. The molecule has 1 aliphatic heterocycles. The Morgan fingerprint density at radius 3 is 1.92 bits per heavy atom. The Bertz CT molecular complexity index is 1070. The fourth-order valence-electron chi connectivity index (χ4n) is 5.09. The third kappa shape index (κ3) is 7.40. The molecule has 0 radical (unpaired) electrons. The maximum absolute atomic E-state index is 13.3. The number of unbranched alkanes of at least 4 members (excludes halogenated alkanes) is 9. The highest BCUT2D eigenvalue weighted by molar-refractivity contribution is 6.46. The Balaban J connectivity index is 1.76. The minimum absolute atomic E-state index is 0.143. The summed E-state index contributed by atoms with van der Waals surface area (Å²) in [5, 5.41) is 11.2. The predicted molar refractivity (Wildman–Crippen MR) is 155 cm³/mol. The number of amides is 1. The van der Waals surface area contributed by atoms with Crippen molar-refractivity contribution in [3.05, 3.63) is 65.2 Å². The van der Waals surface area contributed by atoms with Crippen LogP contribution in [0.15, 0.2) is 54.1 Å². The first-order valence-corrected chi connectivity index (χ1v) is 14.1. The van der Waals surface area contributed by atoms with Crippen molar-refractivity contribution >= 4 is 23.1 Å². The lowest BCUT2D eigenvalue weighted by Gasteiger charge is -2.26. The van der Waals surface area contributed by atoms with Crippen LogP contribution in [0.1, 0.15) is 88.3 Å². The monoisotopic (exact) mass is 520 g/mol. The number of hydrogen-bond donors (Lipinski definition) is 1. The fourth-order valence-corrected chi connectivity index (χ4v) is 5.09. The standard InChI is InChI=1S/C32H44N2O4/c1-5-6-7-8-9-10-11-12-13-14-23-34-29(24-15-19-26(20-16-24)33(2)3)28(31(36)32(34)37)30(35)25-17-21-27(38-4)22-18-25/h15-22,29,35H,5-14,23H2,1-4H3/b30-28-. The quantitative estimate of drug-likeness (QED) is 0.117. The SMILES string of the molecule is CCCCCCCCCCCCN1C(=O)C(=O)/C(=C(\O)c2ccc(OC)cc2)C1c1ccc(N(C)C)cc1. The van der Waals surface area contributed by atoms with E-state index in [1.165, 1.54) is 44.9 Å². The molecule has 0 saturated carbocycles. The van der Waals surface area contributed by atoms with Crippen LogP contribution >= 0.6 is 0 Å². The highest BCUT2D eigenvalue weighted by Crippen LogP contribution is 2.40. The molecule has 6 heteroatoms. The first-order chi connectivity index (χ1) is 18.4. The number of nitrogens with zero attached hydrogens (tertiary/aromatic N) is 2. The molecule has 0 aromatic heterocycles. The van der Waals surface area contributed by atoms with E-state index in [1.807, 2.05) is 43.3 Å². The number of rotatable bonds is 15. The number of carbonyl (C=O) groups is 2. The van der Waals surface area contributed by atoms with Gasteiger partial charge < -0.3 is 19.6 Å². The Morgan fingerprint density at radius 2 is 1.39 bits per heavy atom. The molecule has 1 heterocycles. The van der Waals surface area contributed by atoms with Crippen LogP contribution < -0.4 is 9.64 Å². The minimum Gasteiger partial charge on any atom is -0.507 e. The Hall–Kier alpha value is -3.28. The van der Waals surface area contributed by atoms with E-state index in [0.717, 1.165) is 30.5 Å². The average Bonchev–Trinajstić information content (AvgIpc) is 3.18. The van der Waals surface area contributed by atoms with E-state index in [0.29, 0.717) is 17.9 Å². The lowest BCUT2D eigenvalue weighted by Crippen LogP contribution is -2.30. The van der Waals surface area contributed by atoms with Crippen LogP contribution in [0.25, 0.3) is 5.76 Å². The maximum Gasteiger partial charge on any atom is 0.295 e. The zero-order chi connectivity index (χ0) is 27.5. The number of Topliss-reactive ketones (excluding diaryl/α,β-unsaturated/α-hetero) is 1. The van der Waals surface area contributed by atoms with Gasteiger partial charge in [0.2, 0.25) is 0 Å². The van der Waals surface area contributed by atoms with E-state index in [-0.39, 0.29) is 11.3 Å². The number of carbonyl (C=O) groups excluding carboxylic acids is 2. The molecule has 1 unspecified atom stereocenters. The molecule has 1 atom stereocenters. The van der Waals surface area contributed by atoms with E-state index in [4.69, 9.17) is 4.74 Å². The largest absolute Gasteiger partial charge is 0.507 e. The molecule has 0 bridgehead atoms. The zero-order valence-corrected chi connectivity index (χ0v) is 23.5. The summed E-state index contributed by atoms with van der Waals surface area (Å²) in [7, 11) is 5.51. The van der Waals surface area contributed by atoms with Gasteiger partial charge >= 0.3 is 0 Å². The summed E-state index contributed by atoms with van der Waals surface area (Å²) in [6.07, 6.45) is 12.0. The summed E-state index contributed by atoms with van der Waals surface area (Å²) in [4.78, 5) is 30.1. The van der Waals surface area contributed by atoms with Crippen molar-refractivity contribution in [3.63, 3.8) is 0 Å². The molecular formula is C32H44N2O4. The van der Waals surface area contributed by atoms with Gasteiger partial charge in [0.1, 0.15) is 11.5 Å². The highest BCUT2D eigenvalue weighted by Gasteiger charge is 2.45. The molecule has 38 heavy (non-hydrogen) atoms. The van der Waals surface area contributed by atoms with Gasteiger partial charge in [-0.15, -0.1) is 0 Å². The number of aliphatic hydroxyl groups excluding tert-OH is 1. The topological polar surface area (TPSA) is 70.1 Å². The molecule has 0 aliphatic carbocycles. The summed E-state index contributed by atoms with van der Waals surface area (Å²) in [6.45, 7) is 2.72.